The molecule has 0 saturated carbocycles. The summed E-state index contributed by atoms with van der Waals surface area (Å²) in [6.07, 6.45) is 1.65. The number of hydrogen-bond donors (Lipinski definition) is 1. The van der Waals surface area contributed by atoms with Crippen LogP contribution in [0.25, 0.3) is 11.3 Å². The summed E-state index contributed by atoms with van der Waals surface area (Å²) in [7, 11) is 0. The van der Waals surface area contributed by atoms with Gasteiger partial charge in [-0.25, -0.2) is 9.07 Å². The highest BCUT2D eigenvalue weighted by Crippen LogP contribution is 2.18. The Balaban J connectivity index is 1.65. The lowest BCUT2D eigenvalue weighted by Crippen LogP contribution is -2.10. The monoisotopic (exact) mass is 298 g/mol. The highest BCUT2D eigenvalue weighted by molar-refractivity contribution is 5.57. The van der Waals surface area contributed by atoms with Gasteiger partial charge in [0.25, 0.3) is 0 Å². The van der Waals surface area contributed by atoms with Crippen molar-refractivity contribution in [2.24, 2.45) is 0 Å². The third-order valence-electron chi connectivity index (χ3n) is 3.21. The zero-order chi connectivity index (χ0) is 15.4. The Morgan fingerprint density at radius 1 is 1.05 bits per heavy atom. The van der Waals surface area contributed by atoms with Gasteiger partial charge in [-0.15, -0.1) is 5.10 Å². The predicted molar refractivity (Wildman–Crippen MR) is 81.8 cm³/mol. The van der Waals surface area contributed by atoms with Crippen molar-refractivity contribution in [2.45, 2.75) is 6.54 Å². The number of ether oxygens (including phenoxy) is 1. The number of benzene rings is 2. The van der Waals surface area contributed by atoms with Gasteiger partial charge in [-0.05, 0) is 48.5 Å². The van der Waals surface area contributed by atoms with Crippen molar-refractivity contribution >= 4 is 5.69 Å². The zero-order valence-electron chi connectivity index (χ0n) is 11.8. The maximum Gasteiger partial charge on any atom is 0.123 e. The number of anilines is 1. The molecule has 1 aromatic heterocycles. The Morgan fingerprint density at radius 2 is 1.77 bits per heavy atom. The van der Waals surface area contributed by atoms with E-state index >= 15 is 0 Å². The van der Waals surface area contributed by atoms with Gasteiger partial charge in [0.2, 0.25) is 0 Å². The Hall–Kier alpha value is -2.89. The van der Waals surface area contributed by atoms with Crippen molar-refractivity contribution in [3.63, 3.8) is 0 Å². The van der Waals surface area contributed by atoms with Crippen LogP contribution in [0.15, 0.2) is 54.7 Å². The summed E-state index contributed by atoms with van der Waals surface area (Å²) in [5.74, 6) is 0.479. The van der Waals surface area contributed by atoms with Crippen LogP contribution in [0.4, 0.5) is 10.1 Å². The Labute approximate surface area is 127 Å². The molecule has 112 valence electrons. The molecular weight excluding hydrogens is 283 g/mol. The fourth-order valence-electron chi connectivity index (χ4n) is 2.08. The maximum absolute atomic E-state index is 13.0. The molecule has 3 aromatic rings. The largest absolute Gasteiger partial charge is 0.492 e. The van der Waals surface area contributed by atoms with E-state index in [1.807, 2.05) is 12.1 Å². The number of halogens is 1. The second-order valence-corrected chi connectivity index (χ2v) is 4.77. The molecule has 0 unspecified atom stereocenters. The van der Waals surface area contributed by atoms with Crippen molar-refractivity contribution in [1.29, 1.82) is 0 Å². The van der Waals surface area contributed by atoms with Crippen LogP contribution in [0.1, 0.15) is 0 Å². The van der Waals surface area contributed by atoms with Gasteiger partial charge in [-0.2, -0.15) is 0 Å². The molecule has 2 aromatic carbocycles. The SMILES string of the molecule is Nc1ccc(OCCn2nncc2-c2ccc(F)cc2)cc1. The number of nitrogen functional groups attached to an aromatic ring is 1. The van der Waals surface area contributed by atoms with Crippen LogP contribution >= 0.6 is 0 Å². The number of nitrogens with zero attached hydrogens (tertiary/aromatic N) is 3. The minimum absolute atomic E-state index is 0.269. The lowest BCUT2D eigenvalue weighted by Gasteiger charge is -2.08. The van der Waals surface area contributed by atoms with E-state index in [0.717, 1.165) is 17.0 Å². The Kier molecular flexibility index (Phi) is 4.00. The molecule has 2 N–H and O–H groups in total. The van der Waals surface area contributed by atoms with Crippen molar-refractivity contribution in [1.82, 2.24) is 15.0 Å². The summed E-state index contributed by atoms with van der Waals surface area (Å²) in [6, 6.07) is 13.4. The van der Waals surface area contributed by atoms with Gasteiger partial charge in [0, 0.05) is 11.3 Å². The van der Waals surface area contributed by atoms with Gasteiger partial charge >= 0.3 is 0 Å². The molecule has 22 heavy (non-hydrogen) atoms. The normalized spacial score (nSPS) is 10.6. The molecule has 0 spiro atoms. The average molecular weight is 298 g/mol. The van der Waals surface area contributed by atoms with Gasteiger partial charge in [-0.1, -0.05) is 5.21 Å². The minimum atomic E-state index is -0.269. The van der Waals surface area contributed by atoms with Crippen molar-refractivity contribution in [2.75, 3.05) is 12.3 Å². The first-order valence-corrected chi connectivity index (χ1v) is 6.85. The second kappa shape index (κ2) is 6.26. The van der Waals surface area contributed by atoms with Crippen LogP contribution in [0.3, 0.4) is 0 Å². The van der Waals surface area contributed by atoms with E-state index in [2.05, 4.69) is 10.3 Å². The molecule has 0 aliphatic heterocycles. The topological polar surface area (TPSA) is 66.0 Å². The summed E-state index contributed by atoms with van der Waals surface area (Å²) in [5.41, 5.74) is 8.00. The standard InChI is InChI=1S/C16H15FN4O/c17-13-3-1-12(2-4-13)16-11-19-20-21(16)9-10-22-15-7-5-14(18)6-8-15/h1-8,11H,9-10,18H2. The summed E-state index contributed by atoms with van der Waals surface area (Å²) < 4.78 is 20.3. The molecule has 5 nitrogen and oxygen atoms in total. The van der Waals surface area contributed by atoms with Crippen LogP contribution in [0.5, 0.6) is 5.75 Å². The van der Waals surface area contributed by atoms with E-state index < -0.39 is 0 Å². The van der Waals surface area contributed by atoms with Crippen molar-refractivity contribution in [3.05, 3.63) is 60.5 Å². The van der Waals surface area contributed by atoms with Gasteiger partial charge < -0.3 is 10.5 Å². The first-order valence-electron chi connectivity index (χ1n) is 6.85. The molecule has 6 heteroatoms. The molecular formula is C16H15FN4O. The molecule has 0 bridgehead atoms. The van der Waals surface area contributed by atoms with E-state index in [1.165, 1.54) is 12.1 Å². The van der Waals surface area contributed by atoms with E-state index in [1.54, 1.807) is 35.1 Å². The molecule has 0 radical (unpaired) electrons. The quantitative estimate of drug-likeness (QED) is 0.736. The van der Waals surface area contributed by atoms with Crippen molar-refractivity contribution < 1.29 is 9.13 Å². The van der Waals surface area contributed by atoms with Gasteiger partial charge in [0.1, 0.15) is 18.2 Å². The van der Waals surface area contributed by atoms with Gasteiger partial charge in [0.05, 0.1) is 18.4 Å². The second-order valence-electron chi connectivity index (χ2n) is 4.77. The third-order valence-corrected chi connectivity index (χ3v) is 3.21. The number of nitrogens with two attached hydrogens (primary N) is 1. The first kappa shape index (κ1) is 14.1. The highest BCUT2D eigenvalue weighted by atomic mass is 19.1. The average Bonchev–Trinajstić information content (AvgIpc) is 2.98. The molecule has 0 aliphatic carbocycles. The number of rotatable bonds is 5. The molecule has 0 aliphatic rings. The zero-order valence-corrected chi connectivity index (χ0v) is 11.8. The fourth-order valence-corrected chi connectivity index (χ4v) is 2.08. The predicted octanol–water partition coefficient (Wildman–Crippen LogP) is 2.75. The number of hydrogen-bond acceptors (Lipinski definition) is 4. The van der Waals surface area contributed by atoms with Gasteiger partial charge in [0.15, 0.2) is 0 Å². The minimum Gasteiger partial charge on any atom is -0.492 e. The lowest BCUT2D eigenvalue weighted by atomic mass is 10.1. The Bertz CT molecular complexity index is 738. The van der Waals surface area contributed by atoms with Crippen LogP contribution in [-0.4, -0.2) is 21.6 Å². The molecule has 0 saturated heterocycles. The summed E-state index contributed by atoms with van der Waals surface area (Å²) >= 11 is 0. The third kappa shape index (κ3) is 3.22. The fraction of sp³-hybridized carbons (Fsp3) is 0.125. The van der Waals surface area contributed by atoms with E-state index in [-0.39, 0.29) is 5.82 Å². The highest BCUT2D eigenvalue weighted by Gasteiger charge is 2.07. The molecule has 0 atom stereocenters. The smallest absolute Gasteiger partial charge is 0.123 e. The molecule has 1 heterocycles. The lowest BCUT2D eigenvalue weighted by molar-refractivity contribution is 0.290. The Morgan fingerprint density at radius 3 is 2.50 bits per heavy atom. The van der Waals surface area contributed by atoms with Gasteiger partial charge in [-0.3, -0.25) is 0 Å². The van der Waals surface area contributed by atoms with Crippen LogP contribution < -0.4 is 10.5 Å². The summed E-state index contributed by atoms with van der Waals surface area (Å²) in [6.45, 7) is 0.985. The van der Waals surface area contributed by atoms with Crippen LogP contribution in [0.2, 0.25) is 0 Å². The van der Waals surface area contributed by atoms with Crippen LogP contribution in [0, 0.1) is 5.82 Å². The first-order chi connectivity index (χ1) is 10.7. The van der Waals surface area contributed by atoms with E-state index in [0.29, 0.717) is 18.8 Å². The molecule has 3 rings (SSSR count). The summed E-state index contributed by atoms with van der Waals surface area (Å²) in [5, 5.41) is 7.94. The van der Waals surface area contributed by atoms with E-state index in [9.17, 15) is 4.39 Å². The molecule has 0 fully saturated rings. The molecule has 0 amide bonds. The maximum atomic E-state index is 13.0. The van der Waals surface area contributed by atoms with Crippen molar-refractivity contribution in [3.8, 4) is 17.0 Å². The summed E-state index contributed by atoms with van der Waals surface area (Å²) in [4.78, 5) is 0. The number of aromatic nitrogens is 3. The van der Waals surface area contributed by atoms with E-state index in [4.69, 9.17) is 10.5 Å². The van der Waals surface area contributed by atoms with Crippen LogP contribution in [-0.2, 0) is 6.54 Å².